The molecule has 0 radical (unpaired) electrons. The van der Waals surface area contributed by atoms with Crippen LogP contribution in [0.4, 0.5) is 0 Å². The van der Waals surface area contributed by atoms with E-state index in [0.29, 0.717) is 19.3 Å². The molecule has 0 aromatic rings. The van der Waals surface area contributed by atoms with Crippen LogP contribution in [0.2, 0.25) is 0 Å². The number of esters is 3. The van der Waals surface area contributed by atoms with Gasteiger partial charge in [-0.2, -0.15) is 0 Å². The highest BCUT2D eigenvalue weighted by atomic mass is 16.7. The Hall–Kier alpha value is -2.54. The molecule has 0 spiro atoms. The molecule has 0 aromatic heterocycles. The number of hydrogen-bond acceptors (Lipinski definition) is 11. The van der Waals surface area contributed by atoms with Gasteiger partial charge < -0.3 is 39.0 Å². The van der Waals surface area contributed by atoms with E-state index < -0.39 is 67.3 Å². The zero-order valence-corrected chi connectivity index (χ0v) is 52.8. The first-order chi connectivity index (χ1) is 39.6. The predicted molar refractivity (Wildman–Crippen MR) is 331 cm³/mol. The van der Waals surface area contributed by atoms with Crippen molar-refractivity contribution < 1.29 is 58.2 Å². The highest BCUT2D eigenvalue weighted by Crippen LogP contribution is 2.27. The molecule has 0 amide bonds. The Morgan fingerprint density at radius 3 is 1.05 bits per heavy atom. The van der Waals surface area contributed by atoms with Crippen LogP contribution in [0.3, 0.4) is 0 Å². The van der Waals surface area contributed by atoms with Crippen LogP contribution in [0, 0.1) is 0 Å². The number of aliphatic carboxylic acids is 1. The topological polar surface area (TPSA) is 175 Å². The minimum atomic E-state index is -1.90. The van der Waals surface area contributed by atoms with Crippen LogP contribution in [0.5, 0.6) is 0 Å². The number of allylic oxidation sites excluding steroid dienone is 2. The fourth-order valence-electron chi connectivity index (χ4n) is 11.0. The molecule has 1 rings (SSSR count). The molecule has 1 heterocycles. The van der Waals surface area contributed by atoms with Gasteiger partial charge in [-0.3, -0.25) is 14.4 Å². The number of carboxylic acids is 1. The Kier molecular flexibility index (Phi) is 54.6. The molecule has 3 N–H and O–H groups in total. The SMILES string of the molecule is CCCCCCCC/C=C\CCCCCCCCCC(=O)OCC(COC1OC(C(=O)O)C(O)C(O)C1OC(=O)CCCCCCCCCCCCCCCCCCC)OC(=O)CCCCCCCCCCCCCCCCCCC. The number of aliphatic hydroxyl groups is 2. The zero-order valence-electron chi connectivity index (χ0n) is 52.8. The molecule has 0 bridgehead atoms. The lowest BCUT2D eigenvalue weighted by atomic mass is 9.98. The summed E-state index contributed by atoms with van der Waals surface area (Å²) in [5.74, 6) is -3.07. The number of aliphatic hydroxyl groups excluding tert-OH is 2. The van der Waals surface area contributed by atoms with Crippen molar-refractivity contribution in [3.63, 3.8) is 0 Å². The van der Waals surface area contributed by atoms with Crippen LogP contribution in [-0.2, 0) is 42.9 Å². The van der Waals surface area contributed by atoms with Crippen molar-refractivity contribution in [1.29, 1.82) is 0 Å². The molecule has 476 valence electrons. The van der Waals surface area contributed by atoms with E-state index in [1.807, 2.05) is 0 Å². The summed E-state index contributed by atoms with van der Waals surface area (Å²) in [4.78, 5) is 51.4. The summed E-state index contributed by atoms with van der Waals surface area (Å²) in [6, 6.07) is 0. The third-order valence-corrected chi connectivity index (χ3v) is 16.3. The molecular weight excluding hydrogens is 1020 g/mol. The molecule has 6 unspecified atom stereocenters. The zero-order chi connectivity index (χ0) is 58.9. The second-order valence-electron chi connectivity index (χ2n) is 24.2. The van der Waals surface area contributed by atoms with Crippen molar-refractivity contribution in [3.05, 3.63) is 12.2 Å². The molecule has 0 aliphatic carbocycles. The lowest BCUT2D eigenvalue weighted by molar-refractivity contribution is -0.301. The molecule has 0 aromatic carbocycles. The first kappa shape index (κ1) is 76.5. The van der Waals surface area contributed by atoms with Crippen LogP contribution in [0.1, 0.15) is 355 Å². The van der Waals surface area contributed by atoms with Crippen LogP contribution in [-0.4, -0.2) is 89.2 Å². The van der Waals surface area contributed by atoms with Crippen LogP contribution >= 0.6 is 0 Å². The van der Waals surface area contributed by atoms with Gasteiger partial charge in [-0.1, -0.05) is 303 Å². The molecular formula is C69H128O12. The van der Waals surface area contributed by atoms with Gasteiger partial charge in [-0.25, -0.2) is 4.79 Å². The smallest absolute Gasteiger partial charge is 0.335 e. The maximum absolute atomic E-state index is 13.2. The molecule has 1 saturated heterocycles. The summed E-state index contributed by atoms with van der Waals surface area (Å²) in [7, 11) is 0. The van der Waals surface area contributed by atoms with Crippen molar-refractivity contribution in [3.8, 4) is 0 Å². The van der Waals surface area contributed by atoms with Crippen molar-refractivity contribution in [2.75, 3.05) is 13.2 Å². The first-order valence-electron chi connectivity index (χ1n) is 34.7. The van der Waals surface area contributed by atoms with E-state index in [9.17, 15) is 34.5 Å². The summed E-state index contributed by atoms with van der Waals surface area (Å²) in [6.45, 7) is 6.07. The second-order valence-corrected chi connectivity index (χ2v) is 24.2. The fourth-order valence-corrected chi connectivity index (χ4v) is 11.0. The Morgan fingerprint density at radius 1 is 0.395 bits per heavy atom. The Morgan fingerprint density at radius 2 is 0.704 bits per heavy atom. The van der Waals surface area contributed by atoms with Gasteiger partial charge in [0, 0.05) is 19.3 Å². The fraction of sp³-hybridized carbons (Fsp3) is 0.913. The molecule has 12 nitrogen and oxygen atoms in total. The molecule has 81 heavy (non-hydrogen) atoms. The van der Waals surface area contributed by atoms with Crippen molar-refractivity contribution in [2.24, 2.45) is 0 Å². The van der Waals surface area contributed by atoms with Crippen LogP contribution in [0.25, 0.3) is 0 Å². The van der Waals surface area contributed by atoms with Gasteiger partial charge in [0.15, 0.2) is 24.6 Å². The Balaban J connectivity index is 2.62. The highest BCUT2D eigenvalue weighted by molar-refractivity contribution is 5.74. The third-order valence-electron chi connectivity index (χ3n) is 16.3. The molecule has 1 aliphatic heterocycles. The number of carbonyl (C=O) groups is 4. The minimum absolute atomic E-state index is 0.0693. The monoisotopic (exact) mass is 1150 g/mol. The number of unbranched alkanes of at least 4 members (excludes halogenated alkanes) is 45. The van der Waals surface area contributed by atoms with E-state index in [2.05, 4.69) is 32.9 Å². The minimum Gasteiger partial charge on any atom is -0.479 e. The van der Waals surface area contributed by atoms with Crippen molar-refractivity contribution in [1.82, 2.24) is 0 Å². The van der Waals surface area contributed by atoms with E-state index >= 15 is 0 Å². The third kappa shape index (κ3) is 47.4. The predicted octanol–water partition coefficient (Wildman–Crippen LogP) is 18.8. The molecule has 6 atom stereocenters. The maximum atomic E-state index is 13.2. The summed E-state index contributed by atoms with van der Waals surface area (Å²) in [5.41, 5.74) is 0. The Labute approximate surface area is 496 Å². The van der Waals surface area contributed by atoms with Crippen molar-refractivity contribution in [2.45, 2.75) is 391 Å². The second kappa shape index (κ2) is 57.9. The highest BCUT2D eigenvalue weighted by Gasteiger charge is 2.50. The summed E-state index contributed by atoms with van der Waals surface area (Å²) in [6.07, 6.45) is 54.5. The summed E-state index contributed by atoms with van der Waals surface area (Å²) < 4.78 is 28.6. The number of carboxylic acid groups (broad SMARTS) is 1. The lowest BCUT2D eigenvalue weighted by Crippen LogP contribution is -2.61. The number of ether oxygens (including phenoxy) is 5. The van der Waals surface area contributed by atoms with E-state index in [4.69, 9.17) is 23.7 Å². The largest absolute Gasteiger partial charge is 0.479 e. The van der Waals surface area contributed by atoms with Crippen LogP contribution in [0.15, 0.2) is 12.2 Å². The number of rotatable bonds is 61. The Bertz CT molecular complexity index is 1460. The van der Waals surface area contributed by atoms with Crippen LogP contribution < -0.4 is 0 Å². The summed E-state index contributed by atoms with van der Waals surface area (Å²) in [5, 5.41) is 31.6. The van der Waals surface area contributed by atoms with Gasteiger partial charge in [0.1, 0.15) is 18.8 Å². The van der Waals surface area contributed by atoms with Gasteiger partial charge in [0.05, 0.1) is 6.61 Å². The average molecular weight is 1150 g/mol. The van der Waals surface area contributed by atoms with Gasteiger partial charge in [0.25, 0.3) is 0 Å². The lowest BCUT2D eigenvalue weighted by Gasteiger charge is -2.40. The van der Waals surface area contributed by atoms with Gasteiger partial charge in [-0.05, 0) is 44.9 Å². The van der Waals surface area contributed by atoms with E-state index in [0.717, 1.165) is 64.2 Å². The number of carbonyl (C=O) groups excluding carboxylic acids is 3. The van der Waals surface area contributed by atoms with E-state index in [-0.39, 0.29) is 25.9 Å². The maximum Gasteiger partial charge on any atom is 0.335 e. The van der Waals surface area contributed by atoms with E-state index in [1.54, 1.807) is 0 Å². The van der Waals surface area contributed by atoms with Gasteiger partial charge in [-0.15, -0.1) is 0 Å². The first-order valence-corrected chi connectivity index (χ1v) is 34.7. The molecule has 12 heteroatoms. The molecule has 1 aliphatic rings. The molecule has 1 fully saturated rings. The quantitative estimate of drug-likeness (QED) is 0.0228. The standard InChI is InChI=1S/C69H128O12/c1-4-7-10-13-16-19-22-25-28-31-34-37-40-43-46-49-52-55-61(70)77-58-60(79-62(71)56-53-50-47-44-41-38-35-32-29-26-23-20-17-14-11-8-5-2)59-78-69-67(65(74)64(73)66(81-69)68(75)76)80-63(72)57-54-51-48-45-42-39-36-33-30-27-24-21-18-15-12-9-6-3/h25,28,60,64-67,69,73-74H,4-24,26-27,29-59H2,1-3H3,(H,75,76)/b28-25-. The van der Waals surface area contributed by atoms with Gasteiger partial charge in [0.2, 0.25) is 0 Å². The summed E-state index contributed by atoms with van der Waals surface area (Å²) >= 11 is 0. The van der Waals surface area contributed by atoms with E-state index in [1.165, 1.54) is 231 Å². The molecule has 0 saturated carbocycles. The average Bonchev–Trinajstić information content (AvgIpc) is 3.53. The number of hydrogen-bond donors (Lipinski definition) is 3. The van der Waals surface area contributed by atoms with Gasteiger partial charge >= 0.3 is 23.9 Å². The normalized spacial score (nSPS) is 17.7. The van der Waals surface area contributed by atoms with Crippen molar-refractivity contribution >= 4 is 23.9 Å².